The normalized spacial score (nSPS) is 35.4. The second-order valence-corrected chi connectivity index (χ2v) is 11.2. The quantitative estimate of drug-likeness (QED) is 0.0751. The first-order chi connectivity index (χ1) is 19.0. The van der Waals surface area contributed by atoms with Crippen LogP contribution in [0.25, 0.3) is 0 Å². The van der Waals surface area contributed by atoms with Gasteiger partial charge in [0.1, 0.15) is 17.8 Å². The molecule has 222 valence electrons. The molecule has 3 rings (SSSR count). The fourth-order valence-corrected chi connectivity index (χ4v) is 5.20. The Bertz CT molecular complexity index is 1030. The third kappa shape index (κ3) is 8.60. The van der Waals surface area contributed by atoms with Crippen LogP contribution in [0.1, 0.15) is 53.4 Å². The van der Waals surface area contributed by atoms with Crippen LogP contribution in [0.15, 0.2) is 48.3 Å². The van der Waals surface area contributed by atoms with Gasteiger partial charge in [-0.1, -0.05) is 43.7 Å². The monoisotopic (exact) mass is 560 g/mol. The van der Waals surface area contributed by atoms with E-state index in [1.807, 2.05) is 26.0 Å². The van der Waals surface area contributed by atoms with Crippen LogP contribution in [0.2, 0.25) is 0 Å². The van der Waals surface area contributed by atoms with Crippen LogP contribution in [-0.4, -0.2) is 83.7 Å². The summed E-state index contributed by atoms with van der Waals surface area (Å²) < 4.78 is 22.6. The Morgan fingerprint density at radius 2 is 1.95 bits per heavy atom. The van der Waals surface area contributed by atoms with Gasteiger partial charge in [0, 0.05) is 18.1 Å². The van der Waals surface area contributed by atoms with Crippen molar-refractivity contribution < 1.29 is 38.7 Å². The maximum Gasteiger partial charge on any atom is 0.308 e. The van der Waals surface area contributed by atoms with Crippen LogP contribution in [-0.2, 0) is 28.5 Å². The van der Waals surface area contributed by atoms with Crippen molar-refractivity contribution in [1.82, 2.24) is 5.32 Å². The topological polar surface area (TPSA) is 151 Å². The molecule has 0 aromatic carbocycles. The molecular formula is C30H44N2O8. The zero-order valence-corrected chi connectivity index (χ0v) is 24.0. The van der Waals surface area contributed by atoms with Gasteiger partial charge in [-0.3, -0.25) is 9.59 Å². The standard InChI is InChI=1S/C30H44N2O8/c1-18(7-10-26-29(36)30(17-38-30)16-22(40-26)15-28(35)37-5)6-9-25-20(3)14-24(21(4)39-25)32-27(34)11-8-19(2)23(31)12-13-33/h6-8,10-13,19-22,24-26,29,31,33,36H,9,14-17H2,1-5H3,(H,32,34)/b10-7+,11-8-,13-12-,18-6+,31-23?/t19?,20-,21+,22+,24+,25-,26+,29+,30+/m0/s1. The average Bonchev–Trinajstić information content (AvgIpc) is 3.69. The highest BCUT2D eigenvalue weighted by Crippen LogP contribution is 2.43. The molecule has 0 aliphatic carbocycles. The van der Waals surface area contributed by atoms with Crippen LogP contribution in [0.4, 0.5) is 0 Å². The predicted molar refractivity (Wildman–Crippen MR) is 150 cm³/mol. The molecule has 10 nitrogen and oxygen atoms in total. The van der Waals surface area contributed by atoms with Crippen LogP contribution in [0.5, 0.6) is 0 Å². The van der Waals surface area contributed by atoms with Gasteiger partial charge in [-0.2, -0.15) is 0 Å². The summed E-state index contributed by atoms with van der Waals surface area (Å²) in [7, 11) is 1.34. The smallest absolute Gasteiger partial charge is 0.308 e. The lowest BCUT2D eigenvalue weighted by Gasteiger charge is -2.39. The molecule has 10 heteroatoms. The summed E-state index contributed by atoms with van der Waals surface area (Å²) in [5, 5.41) is 30.4. The van der Waals surface area contributed by atoms with E-state index in [4.69, 9.17) is 29.5 Å². The lowest BCUT2D eigenvalue weighted by atomic mass is 9.87. The van der Waals surface area contributed by atoms with Crippen molar-refractivity contribution in [3.05, 3.63) is 48.3 Å². The highest BCUT2D eigenvalue weighted by molar-refractivity contribution is 5.96. The van der Waals surface area contributed by atoms with E-state index in [1.165, 1.54) is 19.3 Å². The van der Waals surface area contributed by atoms with Crippen molar-refractivity contribution in [2.45, 2.75) is 95.5 Å². The van der Waals surface area contributed by atoms with E-state index in [9.17, 15) is 14.7 Å². The first kappa shape index (κ1) is 31.7. The Morgan fingerprint density at radius 1 is 1.23 bits per heavy atom. The number of methoxy groups -OCH3 is 1. The third-order valence-electron chi connectivity index (χ3n) is 7.96. The lowest BCUT2D eigenvalue weighted by molar-refractivity contribution is -0.157. The Morgan fingerprint density at radius 3 is 2.60 bits per heavy atom. The Kier molecular flexibility index (Phi) is 11.3. The number of aliphatic hydroxyl groups excluding tert-OH is 2. The van der Waals surface area contributed by atoms with E-state index in [1.54, 1.807) is 13.0 Å². The second-order valence-electron chi connectivity index (χ2n) is 11.2. The molecule has 1 unspecified atom stereocenters. The van der Waals surface area contributed by atoms with Crippen molar-refractivity contribution in [2.75, 3.05) is 13.7 Å². The van der Waals surface area contributed by atoms with Crippen molar-refractivity contribution >= 4 is 17.6 Å². The minimum atomic E-state index is -0.803. The number of hydrogen-bond acceptors (Lipinski definition) is 9. The molecule has 0 bridgehead atoms. The number of amides is 1. The molecule has 3 heterocycles. The third-order valence-corrected chi connectivity index (χ3v) is 7.96. The maximum atomic E-state index is 12.4. The fourth-order valence-electron chi connectivity index (χ4n) is 5.20. The maximum absolute atomic E-state index is 12.4. The van der Waals surface area contributed by atoms with Gasteiger partial charge in [0.15, 0.2) is 0 Å². The summed E-state index contributed by atoms with van der Waals surface area (Å²) in [6.45, 7) is 8.27. The van der Waals surface area contributed by atoms with Gasteiger partial charge in [0.2, 0.25) is 5.91 Å². The van der Waals surface area contributed by atoms with Gasteiger partial charge in [0.25, 0.3) is 0 Å². The molecule has 3 aliphatic heterocycles. The SMILES string of the molecule is COC(=O)C[C@@H]1C[C@@]2(CO2)[C@H](O)[C@@H](/C=C/C(C)=C/C[C@@H]2O[C@H](C)[C@H](NC(=O)/C=C\C(C)C(=N)/C=C\O)C[C@@H]2C)O1. The molecule has 3 saturated heterocycles. The second kappa shape index (κ2) is 14.2. The molecule has 1 amide bonds. The summed E-state index contributed by atoms with van der Waals surface area (Å²) in [6.07, 6.45) is 11.1. The van der Waals surface area contributed by atoms with E-state index >= 15 is 0 Å². The van der Waals surface area contributed by atoms with Crippen molar-refractivity contribution in [3.8, 4) is 0 Å². The van der Waals surface area contributed by atoms with Gasteiger partial charge >= 0.3 is 5.97 Å². The average molecular weight is 561 g/mol. The number of carbonyl (C=O) groups excluding carboxylic acids is 2. The number of aliphatic hydroxyl groups is 2. The number of ether oxygens (including phenoxy) is 4. The number of epoxide rings is 1. The summed E-state index contributed by atoms with van der Waals surface area (Å²) in [4.78, 5) is 24.2. The number of rotatable bonds is 11. The Labute approximate surface area is 236 Å². The van der Waals surface area contributed by atoms with Gasteiger partial charge in [-0.25, -0.2) is 0 Å². The summed E-state index contributed by atoms with van der Waals surface area (Å²) in [6, 6.07) is -0.125. The summed E-state index contributed by atoms with van der Waals surface area (Å²) in [5.41, 5.74) is 0.559. The van der Waals surface area contributed by atoms with Crippen molar-refractivity contribution in [2.24, 2.45) is 11.8 Å². The molecule has 0 radical (unpaired) electrons. The first-order valence-corrected chi connectivity index (χ1v) is 13.9. The zero-order chi connectivity index (χ0) is 29.4. The van der Waals surface area contributed by atoms with E-state index < -0.39 is 17.8 Å². The molecular weight excluding hydrogens is 516 g/mol. The minimum Gasteiger partial charge on any atom is -0.516 e. The lowest BCUT2D eigenvalue weighted by Crippen LogP contribution is -2.50. The molecule has 0 saturated carbocycles. The van der Waals surface area contributed by atoms with E-state index in [-0.39, 0.29) is 60.2 Å². The largest absolute Gasteiger partial charge is 0.516 e. The molecule has 3 fully saturated rings. The van der Waals surface area contributed by atoms with Gasteiger partial charge in [0.05, 0.1) is 50.8 Å². The van der Waals surface area contributed by atoms with Crippen LogP contribution < -0.4 is 5.32 Å². The van der Waals surface area contributed by atoms with Gasteiger partial charge in [-0.05, 0) is 44.8 Å². The van der Waals surface area contributed by atoms with E-state index in [0.717, 1.165) is 18.3 Å². The van der Waals surface area contributed by atoms with Crippen LogP contribution in [0.3, 0.4) is 0 Å². The first-order valence-electron chi connectivity index (χ1n) is 13.9. The highest BCUT2D eigenvalue weighted by atomic mass is 16.6. The summed E-state index contributed by atoms with van der Waals surface area (Å²) >= 11 is 0. The molecule has 0 aromatic heterocycles. The number of carbonyl (C=O) groups is 2. The van der Waals surface area contributed by atoms with E-state index in [0.29, 0.717) is 19.4 Å². The van der Waals surface area contributed by atoms with Crippen molar-refractivity contribution in [3.63, 3.8) is 0 Å². The molecule has 40 heavy (non-hydrogen) atoms. The number of esters is 1. The highest BCUT2D eigenvalue weighted by Gasteiger charge is 2.58. The molecule has 1 spiro atoms. The Balaban J connectivity index is 1.50. The summed E-state index contributed by atoms with van der Waals surface area (Å²) in [5.74, 6) is -0.666. The predicted octanol–water partition coefficient (Wildman–Crippen LogP) is 3.31. The fraction of sp³-hybridized carbons (Fsp3) is 0.633. The molecule has 9 atom stereocenters. The van der Waals surface area contributed by atoms with Crippen LogP contribution >= 0.6 is 0 Å². The molecule has 0 aromatic rings. The van der Waals surface area contributed by atoms with Gasteiger partial charge < -0.3 is 39.9 Å². The van der Waals surface area contributed by atoms with Crippen LogP contribution in [0, 0.1) is 17.2 Å². The number of allylic oxidation sites excluding steroid dienone is 4. The van der Waals surface area contributed by atoms with Crippen molar-refractivity contribution in [1.29, 1.82) is 5.41 Å². The Hall–Kier alpha value is -2.79. The minimum absolute atomic E-state index is 0.00287. The molecule has 3 aliphatic rings. The zero-order valence-electron chi connectivity index (χ0n) is 24.0. The number of hydrogen-bond donors (Lipinski definition) is 4. The molecule has 4 N–H and O–H groups in total. The van der Waals surface area contributed by atoms with E-state index in [2.05, 4.69) is 18.3 Å². The number of nitrogens with one attached hydrogen (secondary N) is 2. The van der Waals surface area contributed by atoms with Gasteiger partial charge in [-0.15, -0.1) is 0 Å².